The number of phosphoric acid groups is 1. The van der Waals surface area contributed by atoms with Crippen molar-refractivity contribution in [1.29, 1.82) is 0 Å². The molecule has 4 N–H and O–H groups in total. The zero-order chi connectivity index (χ0) is 55.9. The van der Waals surface area contributed by atoms with Gasteiger partial charge in [0.15, 0.2) is 11.7 Å². The minimum atomic E-state index is -4.75. The normalized spacial score (nSPS) is 14.5. The highest BCUT2D eigenvalue weighted by Crippen LogP contribution is 2.53. The van der Waals surface area contributed by atoms with Crippen LogP contribution in [0, 0.1) is 0 Å². The fourth-order valence-electron chi connectivity index (χ4n) is 10.2. The molecule has 5 rings (SSSR count). The molecule has 1 aliphatic heterocycles. The zero-order valence-electron chi connectivity index (χ0n) is 46.8. The van der Waals surface area contributed by atoms with Crippen molar-refractivity contribution in [2.75, 3.05) is 26.4 Å². The molecular weight excluding hydrogens is 1010 g/mol. The second-order valence-electron chi connectivity index (χ2n) is 21.0. The number of nitrogens with one attached hydrogen (secondary N) is 1. The number of carbonyl (C=O) groups excluding carboxylic acids is 4. The number of rotatable bonds is 41. The van der Waals surface area contributed by atoms with Gasteiger partial charge in [0.25, 0.3) is 5.91 Å². The fraction of sp³-hybridized carbons (Fsp3) is 0.587. The first kappa shape index (κ1) is 63.6. The lowest BCUT2D eigenvalue weighted by atomic mass is 9.71. The molecule has 3 aromatic rings. The lowest BCUT2D eigenvalue weighted by Crippen LogP contribution is -2.35. The summed E-state index contributed by atoms with van der Waals surface area (Å²) in [6, 6.07) is 14.2. The third kappa shape index (κ3) is 21.8. The number of allylic oxidation sites excluding steroid dienone is 4. The highest BCUT2D eigenvalue weighted by Gasteiger charge is 2.52. The number of phosphoric ester groups is 1. The van der Waals surface area contributed by atoms with Crippen molar-refractivity contribution < 1.29 is 62.1 Å². The predicted octanol–water partition coefficient (Wildman–Crippen LogP) is 14.9. The maximum absolute atomic E-state index is 13.6. The molecule has 78 heavy (non-hydrogen) atoms. The number of benzene rings is 3. The van der Waals surface area contributed by atoms with Crippen molar-refractivity contribution in [3.05, 3.63) is 118 Å². The number of aromatic hydroxyl groups is 2. The van der Waals surface area contributed by atoms with Gasteiger partial charge in [-0.15, -0.1) is 0 Å². The summed E-state index contributed by atoms with van der Waals surface area (Å²) in [5.74, 6) is -2.17. The Morgan fingerprint density at radius 2 is 1.09 bits per heavy atom. The van der Waals surface area contributed by atoms with Crippen LogP contribution >= 0.6 is 7.82 Å². The van der Waals surface area contributed by atoms with Crippen molar-refractivity contribution >= 4 is 31.6 Å². The number of fused-ring (bicyclic) bond motifs is 6. The standard InChI is InChI=1S/C63H90NO13P/c1-3-5-7-9-11-13-15-17-19-21-23-25-27-29-31-33-59(67)73-47-54(76-60(68)34-32-30-28-26-24-22-20-18-16-14-12-10-8-6-4-2)48-75-78(71,72)74-42-41-64-61(69)49-35-38-58-55(46-49)62(70)77-63(58)56-39-36-52(65)44-50(56)43-51-45-53(66)37-40-57(51)63/h17-20,35-40,44-46,54,65-66H,3-16,21-34,41-43,47-48H2,1-2H3,(H,64,69)(H,71,72)/b19-17-,20-18-/t54-/m1/s1. The molecule has 14 nitrogen and oxygen atoms in total. The molecule has 1 aliphatic carbocycles. The first-order valence-electron chi connectivity index (χ1n) is 29.4. The number of phenols is 2. The zero-order valence-corrected chi connectivity index (χ0v) is 47.7. The van der Waals surface area contributed by atoms with Crippen LogP contribution in [0.25, 0.3) is 0 Å². The van der Waals surface area contributed by atoms with Crippen LogP contribution in [0.3, 0.4) is 0 Å². The van der Waals surface area contributed by atoms with Gasteiger partial charge in [-0.2, -0.15) is 0 Å². The monoisotopic (exact) mass is 1100 g/mol. The summed E-state index contributed by atoms with van der Waals surface area (Å²) in [7, 11) is -4.75. The van der Waals surface area contributed by atoms with Gasteiger partial charge in [0.2, 0.25) is 0 Å². The molecule has 2 aliphatic rings. The number of ether oxygens (including phenoxy) is 3. The number of hydrogen-bond acceptors (Lipinski definition) is 12. The summed E-state index contributed by atoms with van der Waals surface area (Å²) in [5.41, 5.74) is 2.12. The van der Waals surface area contributed by atoms with Crippen LogP contribution < -0.4 is 5.32 Å². The van der Waals surface area contributed by atoms with Gasteiger partial charge in [-0.3, -0.25) is 23.4 Å². The molecule has 15 heteroatoms. The number of amides is 1. The largest absolute Gasteiger partial charge is 0.508 e. The molecule has 1 heterocycles. The quantitative estimate of drug-likeness (QED) is 0.0137. The van der Waals surface area contributed by atoms with E-state index in [2.05, 4.69) is 43.5 Å². The Morgan fingerprint density at radius 1 is 0.615 bits per heavy atom. The van der Waals surface area contributed by atoms with Gasteiger partial charge in [-0.25, -0.2) is 9.36 Å². The van der Waals surface area contributed by atoms with E-state index in [1.165, 1.54) is 101 Å². The molecule has 3 aromatic carbocycles. The summed E-state index contributed by atoms with van der Waals surface area (Å²) in [6.07, 6.45) is 38.1. The second-order valence-corrected chi connectivity index (χ2v) is 22.5. The number of unbranched alkanes of at least 4 members (excludes halogenated alkanes) is 22. The lowest BCUT2D eigenvalue weighted by molar-refractivity contribution is -0.161. The molecule has 0 aromatic heterocycles. The summed E-state index contributed by atoms with van der Waals surface area (Å²) in [5, 5.41) is 23.2. The van der Waals surface area contributed by atoms with Crippen molar-refractivity contribution in [1.82, 2.24) is 5.32 Å². The minimum Gasteiger partial charge on any atom is -0.508 e. The van der Waals surface area contributed by atoms with E-state index in [4.69, 9.17) is 23.3 Å². The van der Waals surface area contributed by atoms with E-state index in [1.54, 1.807) is 30.3 Å². The van der Waals surface area contributed by atoms with Gasteiger partial charge < -0.3 is 34.6 Å². The van der Waals surface area contributed by atoms with Gasteiger partial charge in [0.1, 0.15) is 18.1 Å². The molecular formula is C63H90NO13P. The van der Waals surface area contributed by atoms with Crippen LogP contribution in [0.15, 0.2) is 78.9 Å². The van der Waals surface area contributed by atoms with Crippen molar-refractivity contribution in [3.63, 3.8) is 0 Å². The Bertz CT molecular complexity index is 2380. The molecule has 1 amide bonds. The van der Waals surface area contributed by atoms with Crippen molar-refractivity contribution in [2.24, 2.45) is 0 Å². The smallest absolute Gasteiger partial charge is 0.472 e. The molecule has 0 saturated carbocycles. The topological polar surface area (TPSA) is 204 Å². The second kappa shape index (κ2) is 35.4. The third-order valence-corrected chi connectivity index (χ3v) is 15.5. The summed E-state index contributed by atoms with van der Waals surface area (Å²) in [4.78, 5) is 63.3. The maximum atomic E-state index is 13.6. The van der Waals surface area contributed by atoms with Gasteiger partial charge in [-0.05, 0) is 118 Å². The molecule has 0 bridgehead atoms. The van der Waals surface area contributed by atoms with E-state index >= 15 is 0 Å². The Balaban J connectivity index is 1.05. The Morgan fingerprint density at radius 3 is 1.62 bits per heavy atom. The first-order chi connectivity index (χ1) is 37.9. The van der Waals surface area contributed by atoms with Crippen molar-refractivity contribution in [3.8, 4) is 11.5 Å². The summed E-state index contributed by atoms with van der Waals surface area (Å²) >= 11 is 0. The molecule has 0 radical (unpaired) electrons. The van der Waals surface area contributed by atoms with E-state index in [-0.39, 0.29) is 48.6 Å². The molecule has 1 spiro atoms. The average Bonchev–Trinajstić information content (AvgIpc) is 3.92. The molecule has 0 saturated heterocycles. The van der Waals surface area contributed by atoms with Gasteiger partial charge in [-0.1, -0.05) is 159 Å². The van der Waals surface area contributed by atoms with Gasteiger partial charge in [0, 0.05) is 41.6 Å². The fourth-order valence-corrected chi connectivity index (χ4v) is 11.0. The van der Waals surface area contributed by atoms with E-state index in [1.807, 2.05) is 0 Å². The van der Waals surface area contributed by atoms with Crippen LogP contribution in [0.4, 0.5) is 0 Å². The SMILES string of the molecule is CCCCCCCC/C=C\CCCCCCCC(=O)OC[C@H](COP(=O)(O)OCCNC(=O)c1ccc2c(c1)C(=O)OC21c2ccc(O)cc2Cc2cc(O)ccc21)OC(=O)CCCCCCC/C=C\CCCCCCCC. The van der Waals surface area contributed by atoms with E-state index in [9.17, 15) is 38.8 Å². The van der Waals surface area contributed by atoms with E-state index < -0.39 is 56.6 Å². The number of carbonyl (C=O) groups is 4. The summed E-state index contributed by atoms with van der Waals surface area (Å²) < 4.78 is 40.7. The highest BCUT2D eigenvalue weighted by molar-refractivity contribution is 7.47. The molecule has 1 unspecified atom stereocenters. The Kier molecular flexibility index (Phi) is 28.8. The highest BCUT2D eigenvalue weighted by atomic mass is 31.2. The van der Waals surface area contributed by atoms with Crippen molar-refractivity contribution in [2.45, 2.75) is 212 Å². The lowest BCUT2D eigenvalue weighted by Gasteiger charge is -2.37. The van der Waals surface area contributed by atoms with Crippen LogP contribution in [0.1, 0.15) is 242 Å². The molecule has 0 fully saturated rings. The maximum Gasteiger partial charge on any atom is 0.472 e. The van der Waals surface area contributed by atoms with Crippen LogP contribution in [-0.2, 0) is 49.4 Å². The number of hydrogen-bond donors (Lipinski definition) is 4. The minimum absolute atomic E-state index is 0.0403. The van der Waals surface area contributed by atoms with E-state index in [0.29, 0.717) is 47.1 Å². The van der Waals surface area contributed by atoms with Crippen LogP contribution in [-0.4, -0.2) is 71.4 Å². The number of esters is 3. The Hall–Kier alpha value is -5.27. The predicted molar refractivity (Wildman–Crippen MR) is 305 cm³/mol. The first-order valence-corrected chi connectivity index (χ1v) is 30.9. The van der Waals surface area contributed by atoms with Crippen LogP contribution in [0.2, 0.25) is 0 Å². The third-order valence-electron chi connectivity index (χ3n) is 14.5. The Labute approximate surface area is 464 Å². The van der Waals surface area contributed by atoms with Crippen LogP contribution in [0.5, 0.6) is 11.5 Å². The molecule has 430 valence electrons. The number of phenolic OH excluding ortho intramolecular Hbond substituents is 2. The summed E-state index contributed by atoms with van der Waals surface area (Å²) in [6.45, 7) is 2.88. The van der Waals surface area contributed by atoms with Gasteiger partial charge >= 0.3 is 25.7 Å². The van der Waals surface area contributed by atoms with E-state index in [0.717, 1.165) is 77.0 Å². The average molecular weight is 1100 g/mol. The molecule has 2 atom stereocenters. The van der Waals surface area contributed by atoms with Gasteiger partial charge in [0.05, 0.1) is 18.8 Å².